The van der Waals surface area contributed by atoms with Gasteiger partial charge in [-0.05, 0) is 12.1 Å². The van der Waals surface area contributed by atoms with Crippen LogP contribution in [0.4, 0.5) is 0 Å². The second kappa shape index (κ2) is 3.87. The summed E-state index contributed by atoms with van der Waals surface area (Å²) in [5.41, 5.74) is -0.115. The van der Waals surface area contributed by atoms with Crippen LogP contribution < -0.4 is 0 Å². The number of carbonyl (C=O) groups is 2. The lowest BCUT2D eigenvalue weighted by atomic mass is 10.2. The summed E-state index contributed by atoms with van der Waals surface area (Å²) in [5.74, 6) is -1.56. The van der Waals surface area contributed by atoms with Crippen molar-refractivity contribution in [2.24, 2.45) is 0 Å². The summed E-state index contributed by atoms with van der Waals surface area (Å²) in [7, 11) is 3.09. The smallest absolute Gasteiger partial charge is 0.338 e. The number of pyridine rings is 1. The van der Waals surface area contributed by atoms with E-state index >= 15 is 0 Å². The molecule has 1 heterocycles. The van der Waals surface area contributed by atoms with Crippen molar-refractivity contribution in [1.82, 2.24) is 9.88 Å². The molecule has 0 unspecified atom stereocenters. The molecule has 0 radical (unpaired) electrons. The maximum Gasteiger partial charge on any atom is 0.338 e. The zero-order chi connectivity index (χ0) is 10.7. The number of aromatic carboxylic acids is 1. The number of aromatic nitrogens is 1. The largest absolute Gasteiger partial charge is 0.478 e. The first-order valence-electron chi connectivity index (χ1n) is 3.94. The van der Waals surface area contributed by atoms with Gasteiger partial charge in [-0.15, -0.1) is 0 Å². The SMILES string of the molecule is CN(C)C(=O)c1ncccc1C(=O)O. The summed E-state index contributed by atoms with van der Waals surface area (Å²) in [6.45, 7) is 0. The van der Waals surface area contributed by atoms with E-state index in [1.165, 1.54) is 23.2 Å². The van der Waals surface area contributed by atoms with Gasteiger partial charge in [0.05, 0.1) is 5.56 Å². The van der Waals surface area contributed by atoms with Gasteiger partial charge in [0.1, 0.15) is 5.69 Å². The number of amides is 1. The molecule has 1 rings (SSSR count). The lowest BCUT2D eigenvalue weighted by Gasteiger charge is -2.10. The normalized spacial score (nSPS) is 9.57. The van der Waals surface area contributed by atoms with E-state index in [1.54, 1.807) is 14.1 Å². The van der Waals surface area contributed by atoms with Crippen LogP contribution in [-0.2, 0) is 0 Å². The average molecular weight is 194 g/mol. The summed E-state index contributed by atoms with van der Waals surface area (Å²) in [6, 6.07) is 2.84. The molecule has 0 spiro atoms. The Morgan fingerprint density at radius 2 is 2.07 bits per heavy atom. The molecule has 5 nitrogen and oxygen atoms in total. The number of hydrogen-bond acceptors (Lipinski definition) is 3. The van der Waals surface area contributed by atoms with Crippen LogP contribution >= 0.6 is 0 Å². The minimum absolute atomic E-state index is 0.0370. The third kappa shape index (κ3) is 1.87. The number of carboxylic acid groups (broad SMARTS) is 1. The zero-order valence-corrected chi connectivity index (χ0v) is 7.89. The van der Waals surface area contributed by atoms with E-state index in [9.17, 15) is 9.59 Å². The van der Waals surface area contributed by atoms with Crippen molar-refractivity contribution in [3.63, 3.8) is 0 Å². The highest BCUT2D eigenvalue weighted by Gasteiger charge is 2.18. The molecule has 1 N–H and O–H groups in total. The molecule has 0 aliphatic heterocycles. The Bertz CT molecular complexity index is 374. The Hall–Kier alpha value is -1.91. The zero-order valence-electron chi connectivity index (χ0n) is 7.89. The molecule has 1 aromatic rings. The highest BCUT2D eigenvalue weighted by Crippen LogP contribution is 2.06. The summed E-state index contributed by atoms with van der Waals surface area (Å²) in [4.78, 5) is 27.2. The van der Waals surface area contributed by atoms with Crippen LogP contribution in [0, 0.1) is 0 Å². The van der Waals surface area contributed by atoms with E-state index in [4.69, 9.17) is 5.11 Å². The Kier molecular flexibility index (Phi) is 2.81. The van der Waals surface area contributed by atoms with Gasteiger partial charge in [0.15, 0.2) is 0 Å². The highest BCUT2D eigenvalue weighted by molar-refractivity contribution is 6.02. The van der Waals surface area contributed by atoms with Crippen molar-refractivity contribution in [3.05, 3.63) is 29.6 Å². The van der Waals surface area contributed by atoms with Gasteiger partial charge in [0.2, 0.25) is 0 Å². The minimum Gasteiger partial charge on any atom is -0.478 e. The van der Waals surface area contributed by atoms with Gasteiger partial charge in [-0.1, -0.05) is 0 Å². The summed E-state index contributed by atoms with van der Waals surface area (Å²) in [5, 5.41) is 8.79. The fourth-order valence-corrected chi connectivity index (χ4v) is 0.960. The lowest BCUT2D eigenvalue weighted by molar-refractivity contribution is 0.0683. The highest BCUT2D eigenvalue weighted by atomic mass is 16.4. The Balaban J connectivity index is 3.20. The van der Waals surface area contributed by atoms with Crippen molar-refractivity contribution in [2.75, 3.05) is 14.1 Å². The predicted molar refractivity (Wildman–Crippen MR) is 49.2 cm³/mol. The minimum atomic E-state index is -1.15. The van der Waals surface area contributed by atoms with Crippen LogP contribution in [0.15, 0.2) is 18.3 Å². The predicted octanol–water partition coefficient (Wildman–Crippen LogP) is 0.482. The van der Waals surface area contributed by atoms with Crippen LogP contribution in [0.2, 0.25) is 0 Å². The molecule has 14 heavy (non-hydrogen) atoms. The maximum atomic E-state index is 11.5. The third-order valence-corrected chi connectivity index (χ3v) is 1.65. The number of nitrogens with zero attached hydrogens (tertiary/aromatic N) is 2. The van der Waals surface area contributed by atoms with Crippen LogP contribution in [0.25, 0.3) is 0 Å². The average Bonchev–Trinajstić information content (AvgIpc) is 2.16. The first-order valence-corrected chi connectivity index (χ1v) is 3.94. The second-order valence-electron chi connectivity index (χ2n) is 2.90. The standard InChI is InChI=1S/C9H10N2O3/c1-11(2)8(12)7-6(9(13)14)4-3-5-10-7/h3-5H,1-2H3,(H,13,14). The topological polar surface area (TPSA) is 70.5 Å². The van der Waals surface area contributed by atoms with Gasteiger partial charge >= 0.3 is 5.97 Å². The first-order chi connectivity index (χ1) is 6.54. The van der Waals surface area contributed by atoms with Crippen molar-refractivity contribution in [2.45, 2.75) is 0 Å². The molecule has 0 fully saturated rings. The Morgan fingerprint density at radius 1 is 1.43 bits per heavy atom. The number of carboxylic acids is 1. The lowest BCUT2D eigenvalue weighted by Crippen LogP contribution is -2.25. The molecule has 0 saturated heterocycles. The molecule has 1 amide bonds. The van der Waals surface area contributed by atoms with Crippen molar-refractivity contribution >= 4 is 11.9 Å². The molecule has 1 aromatic heterocycles. The number of hydrogen-bond donors (Lipinski definition) is 1. The molecule has 5 heteroatoms. The number of carbonyl (C=O) groups excluding carboxylic acids is 1. The molecule has 0 aliphatic carbocycles. The van der Waals surface area contributed by atoms with E-state index in [0.29, 0.717) is 0 Å². The molecule has 0 atom stereocenters. The van der Waals surface area contributed by atoms with Crippen LogP contribution in [0.5, 0.6) is 0 Å². The Labute approximate surface area is 81.0 Å². The van der Waals surface area contributed by atoms with Crippen molar-refractivity contribution < 1.29 is 14.7 Å². The van der Waals surface area contributed by atoms with Crippen molar-refractivity contribution in [1.29, 1.82) is 0 Å². The second-order valence-corrected chi connectivity index (χ2v) is 2.90. The third-order valence-electron chi connectivity index (χ3n) is 1.65. The fraction of sp³-hybridized carbons (Fsp3) is 0.222. The van der Waals surface area contributed by atoms with E-state index in [1.807, 2.05) is 0 Å². The van der Waals surface area contributed by atoms with Gasteiger partial charge < -0.3 is 10.0 Å². The summed E-state index contributed by atoms with van der Waals surface area (Å²) < 4.78 is 0. The molecule has 0 saturated carbocycles. The maximum absolute atomic E-state index is 11.5. The van der Waals surface area contributed by atoms with E-state index < -0.39 is 11.9 Å². The van der Waals surface area contributed by atoms with Gasteiger partial charge in [-0.3, -0.25) is 9.78 Å². The van der Waals surface area contributed by atoms with Crippen LogP contribution in [0.1, 0.15) is 20.8 Å². The molecule has 74 valence electrons. The van der Waals surface area contributed by atoms with Crippen LogP contribution in [0.3, 0.4) is 0 Å². The summed E-state index contributed by atoms with van der Waals surface area (Å²) >= 11 is 0. The summed E-state index contributed by atoms with van der Waals surface area (Å²) in [6.07, 6.45) is 1.39. The molecular weight excluding hydrogens is 184 g/mol. The molecule has 0 aliphatic rings. The fourth-order valence-electron chi connectivity index (χ4n) is 0.960. The van der Waals surface area contributed by atoms with Gasteiger partial charge in [-0.2, -0.15) is 0 Å². The van der Waals surface area contributed by atoms with Gasteiger partial charge in [0, 0.05) is 20.3 Å². The van der Waals surface area contributed by atoms with Gasteiger partial charge in [0.25, 0.3) is 5.91 Å². The quantitative estimate of drug-likeness (QED) is 0.743. The van der Waals surface area contributed by atoms with E-state index in [2.05, 4.69) is 4.98 Å². The van der Waals surface area contributed by atoms with E-state index in [0.717, 1.165) is 0 Å². The molecular formula is C9H10N2O3. The van der Waals surface area contributed by atoms with Crippen molar-refractivity contribution in [3.8, 4) is 0 Å². The Morgan fingerprint density at radius 3 is 2.57 bits per heavy atom. The van der Waals surface area contributed by atoms with Crippen LogP contribution in [-0.4, -0.2) is 41.0 Å². The van der Waals surface area contributed by atoms with Gasteiger partial charge in [-0.25, -0.2) is 4.79 Å². The number of rotatable bonds is 2. The molecule has 0 bridgehead atoms. The van der Waals surface area contributed by atoms with E-state index in [-0.39, 0.29) is 11.3 Å². The monoisotopic (exact) mass is 194 g/mol. The first kappa shape index (κ1) is 10.2. The molecule has 0 aromatic carbocycles.